The number of nitrogens with one attached hydrogen (secondary N) is 2. The Labute approximate surface area is 142 Å². The minimum Gasteiger partial charge on any atom is -0.443 e. The van der Waals surface area contributed by atoms with E-state index in [0.29, 0.717) is 18.5 Å². The van der Waals surface area contributed by atoms with Gasteiger partial charge in [-0.2, -0.15) is 0 Å². The van der Waals surface area contributed by atoms with E-state index in [1.165, 1.54) is 19.3 Å². The number of unbranched alkanes of at least 4 members (excludes halogenated alkanes) is 2. The van der Waals surface area contributed by atoms with E-state index >= 15 is 0 Å². The monoisotopic (exact) mass is 334 g/mol. The third-order valence-corrected chi connectivity index (χ3v) is 4.43. The molecule has 0 bridgehead atoms. The van der Waals surface area contributed by atoms with Crippen molar-refractivity contribution in [3.05, 3.63) is 29.5 Å². The second-order valence-electron chi connectivity index (χ2n) is 5.59. The fourth-order valence-electron chi connectivity index (χ4n) is 2.28. The summed E-state index contributed by atoms with van der Waals surface area (Å²) in [5.41, 5.74) is 0.870. The van der Waals surface area contributed by atoms with Gasteiger partial charge in [0.1, 0.15) is 6.26 Å². The molecule has 0 aromatic carbocycles. The van der Waals surface area contributed by atoms with E-state index in [1.807, 2.05) is 17.5 Å². The van der Waals surface area contributed by atoms with Crippen LogP contribution >= 0.6 is 11.3 Å². The third-order valence-electron chi connectivity index (χ3n) is 3.57. The van der Waals surface area contributed by atoms with Crippen molar-refractivity contribution in [3.63, 3.8) is 0 Å². The highest BCUT2D eigenvalue weighted by Crippen LogP contribution is 2.23. The summed E-state index contributed by atoms with van der Waals surface area (Å²) in [6, 6.07) is 4.41. The quantitative estimate of drug-likeness (QED) is 0.434. The van der Waals surface area contributed by atoms with Gasteiger partial charge in [-0.1, -0.05) is 32.3 Å². The molecule has 0 aliphatic rings. The highest BCUT2D eigenvalue weighted by atomic mass is 32.1. The van der Waals surface area contributed by atoms with Crippen LogP contribution < -0.4 is 10.6 Å². The Hall–Kier alpha value is -1.82. The van der Waals surface area contributed by atoms with Gasteiger partial charge in [-0.25, -0.2) is 4.98 Å². The van der Waals surface area contributed by atoms with Crippen molar-refractivity contribution < 1.29 is 4.42 Å². The molecular weight excluding hydrogens is 308 g/mol. The zero-order chi connectivity index (χ0) is 16.5. The van der Waals surface area contributed by atoms with Crippen LogP contribution in [0.3, 0.4) is 0 Å². The SMILES string of the molecule is CCCCCC(C)NC(=NC)NCc1coc(-c2cccs2)n1. The summed E-state index contributed by atoms with van der Waals surface area (Å²) in [4.78, 5) is 9.81. The Bertz CT molecular complexity index is 592. The van der Waals surface area contributed by atoms with Gasteiger partial charge in [0.2, 0.25) is 5.89 Å². The van der Waals surface area contributed by atoms with Crippen molar-refractivity contribution in [2.24, 2.45) is 4.99 Å². The maximum atomic E-state index is 5.52. The number of aromatic nitrogens is 1. The molecule has 2 aromatic heterocycles. The summed E-state index contributed by atoms with van der Waals surface area (Å²) in [5.74, 6) is 1.47. The average molecular weight is 334 g/mol. The van der Waals surface area contributed by atoms with Crippen LogP contribution in [0.5, 0.6) is 0 Å². The summed E-state index contributed by atoms with van der Waals surface area (Å²) in [6.45, 7) is 5.00. The zero-order valence-electron chi connectivity index (χ0n) is 14.1. The lowest BCUT2D eigenvalue weighted by Crippen LogP contribution is -2.41. The van der Waals surface area contributed by atoms with E-state index in [9.17, 15) is 0 Å². The largest absolute Gasteiger partial charge is 0.443 e. The molecule has 2 aromatic rings. The number of rotatable bonds is 8. The van der Waals surface area contributed by atoms with E-state index in [0.717, 1.165) is 23.0 Å². The highest BCUT2D eigenvalue weighted by molar-refractivity contribution is 7.13. The van der Waals surface area contributed by atoms with Gasteiger partial charge >= 0.3 is 0 Å². The molecule has 2 heterocycles. The smallest absolute Gasteiger partial charge is 0.236 e. The number of nitrogens with zero attached hydrogens (tertiary/aromatic N) is 2. The molecule has 23 heavy (non-hydrogen) atoms. The fraction of sp³-hybridized carbons (Fsp3) is 0.529. The van der Waals surface area contributed by atoms with E-state index in [2.05, 4.69) is 34.5 Å². The molecule has 0 saturated carbocycles. The van der Waals surface area contributed by atoms with Crippen molar-refractivity contribution >= 4 is 17.3 Å². The lowest BCUT2D eigenvalue weighted by Gasteiger charge is -2.17. The Morgan fingerprint density at radius 2 is 2.30 bits per heavy atom. The van der Waals surface area contributed by atoms with Crippen LogP contribution in [0.4, 0.5) is 0 Å². The van der Waals surface area contributed by atoms with Gasteiger partial charge in [-0.3, -0.25) is 4.99 Å². The molecular formula is C17H26N4OS. The van der Waals surface area contributed by atoms with Crippen LogP contribution in [0.2, 0.25) is 0 Å². The van der Waals surface area contributed by atoms with Crippen molar-refractivity contribution in [3.8, 4) is 10.8 Å². The second-order valence-corrected chi connectivity index (χ2v) is 6.54. The molecule has 0 saturated heterocycles. The van der Waals surface area contributed by atoms with Gasteiger partial charge < -0.3 is 15.1 Å². The first-order valence-electron chi connectivity index (χ1n) is 8.18. The van der Waals surface area contributed by atoms with Crippen LogP contribution in [0.1, 0.15) is 45.2 Å². The molecule has 126 valence electrons. The van der Waals surface area contributed by atoms with Gasteiger partial charge in [-0.15, -0.1) is 11.3 Å². The average Bonchev–Trinajstić information content (AvgIpc) is 3.22. The molecule has 2 rings (SSSR count). The standard InChI is InChI=1S/C17H26N4OS/c1-4-5-6-8-13(2)20-17(18-3)19-11-14-12-22-16(21-14)15-9-7-10-23-15/h7,9-10,12-13H,4-6,8,11H2,1-3H3,(H2,18,19,20). The van der Waals surface area contributed by atoms with E-state index in [1.54, 1.807) is 24.6 Å². The molecule has 6 heteroatoms. The van der Waals surface area contributed by atoms with Crippen molar-refractivity contribution in [2.45, 2.75) is 52.1 Å². The zero-order valence-corrected chi connectivity index (χ0v) is 14.9. The number of guanidine groups is 1. The van der Waals surface area contributed by atoms with E-state index in [4.69, 9.17) is 4.42 Å². The molecule has 5 nitrogen and oxygen atoms in total. The van der Waals surface area contributed by atoms with E-state index < -0.39 is 0 Å². The molecule has 0 aliphatic carbocycles. The third kappa shape index (κ3) is 5.71. The minimum atomic E-state index is 0.409. The van der Waals surface area contributed by atoms with Crippen molar-refractivity contribution in [1.82, 2.24) is 15.6 Å². The van der Waals surface area contributed by atoms with Gasteiger partial charge in [0.25, 0.3) is 0 Å². The number of oxazole rings is 1. The molecule has 0 amide bonds. The molecule has 0 spiro atoms. The predicted molar refractivity (Wildman–Crippen MR) is 96.8 cm³/mol. The normalized spacial score (nSPS) is 13.1. The van der Waals surface area contributed by atoms with Gasteiger partial charge in [-0.05, 0) is 24.8 Å². The van der Waals surface area contributed by atoms with Crippen LogP contribution in [-0.2, 0) is 6.54 Å². The Morgan fingerprint density at radius 3 is 3.00 bits per heavy atom. The van der Waals surface area contributed by atoms with Crippen molar-refractivity contribution in [2.75, 3.05) is 7.05 Å². The topological polar surface area (TPSA) is 62.5 Å². The lowest BCUT2D eigenvalue weighted by molar-refractivity contribution is 0.546. The highest BCUT2D eigenvalue weighted by Gasteiger charge is 2.09. The van der Waals surface area contributed by atoms with Crippen molar-refractivity contribution in [1.29, 1.82) is 0 Å². The Balaban J connectivity index is 1.79. The molecule has 0 aliphatic heterocycles. The first-order chi connectivity index (χ1) is 11.2. The summed E-state index contributed by atoms with van der Waals surface area (Å²) >= 11 is 1.62. The van der Waals surface area contributed by atoms with Gasteiger partial charge in [0.15, 0.2) is 5.96 Å². The number of aliphatic imine (C=N–C) groups is 1. The molecule has 0 radical (unpaired) electrons. The van der Waals surface area contributed by atoms with Crippen LogP contribution in [-0.4, -0.2) is 24.0 Å². The minimum absolute atomic E-state index is 0.409. The Morgan fingerprint density at radius 1 is 1.43 bits per heavy atom. The lowest BCUT2D eigenvalue weighted by atomic mass is 10.1. The summed E-state index contributed by atoms with van der Waals surface area (Å²) in [6.07, 6.45) is 6.62. The maximum absolute atomic E-state index is 5.52. The van der Waals surface area contributed by atoms with Gasteiger partial charge in [0.05, 0.1) is 17.1 Å². The molecule has 0 fully saturated rings. The number of hydrogen-bond donors (Lipinski definition) is 2. The molecule has 1 atom stereocenters. The Kier molecular flexibility index (Phi) is 7.13. The summed E-state index contributed by atoms with van der Waals surface area (Å²) in [7, 11) is 1.79. The fourth-order valence-corrected chi connectivity index (χ4v) is 2.93. The summed E-state index contributed by atoms with van der Waals surface area (Å²) < 4.78 is 5.52. The summed E-state index contributed by atoms with van der Waals surface area (Å²) in [5, 5.41) is 8.72. The van der Waals surface area contributed by atoms with E-state index in [-0.39, 0.29) is 0 Å². The molecule has 2 N–H and O–H groups in total. The first-order valence-corrected chi connectivity index (χ1v) is 9.06. The van der Waals surface area contributed by atoms with Crippen LogP contribution in [0.15, 0.2) is 33.2 Å². The van der Waals surface area contributed by atoms with Crippen LogP contribution in [0.25, 0.3) is 10.8 Å². The number of hydrogen-bond acceptors (Lipinski definition) is 4. The van der Waals surface area contributed by atoms with Crippen LogP contribution in [0, 0.1) is 0 Å². The maximum Gasteiger partial charge on any atom is 0.236 e. The number of thiophene rings is 1. The molecule has 1 unspecified atom stereocenters. The second kappa shape index (κ2) is 9.35. The van der Waals surface area contributed by atoms with Gasteiger partial charge in [0, 0.05) is 13.1 Å². The first kappa shape index (κ1) is 17.5. The predicted octanol–water partition coefficient (Wildman–Crippen LogP) is 4.04.